The van der Waals surface area contributed by atoms with E-state index in [0.717, 1.165) is 29.8 Å². The van der Waals surface area contributed by atoms with Gasteiger partial charge in [-0.05, 0) is 69.0 Å². The first-order chi connectivity index (χ1) is 19.0. The van der Waals surface area contributed by atoms with Crippen LogP contribution in [0.2, 0.25) is 0 Å². The molecule has 0 radical (unpaired) electrons. The minimum absolute atomic E-state index is 0.113. The molecule has 1 atom stereocenters. The molecule has 4 nitrogen and oxygen atoms in total. The van der Waals surface area contributed by atoms with Crippen molar-refractivity contribution >= 4 is 29.5 Å². The van der Waals surface area contributed by atoms with Crippen LogP contribution in [0.4, 0.5) is 0 Å². The zero-order chi connectivity index (χ0) is 28.5. The number of hydrogen-bond donors (Lipinski definition) is 2. The Labute approximate surface area is 241 Å². The van der Waals surface area contributed by atoms with Crippen LogP contribution in [0, 0.1) is 0 Å². The van der Waals surface area contributed by atoms with Crippen LogP contribution in [0.5, 0.6) is 0 Å². The lowest BCUT2D eigenvalue weighted by atomic mass is 9.62. The number of thiazole rings is 1. The number of carboxylic acids is 1. The Morgan fingerprint density at radius 1 is 0.900 bits per heavy atom. The van der Waals surface area contributed by atoms with Crippen molar-refractivity contribution < 1.29 is 15.0 Å². The molecule has 0 bridgehead atoms. The average Bonchev–Trinajstić information content (AvgIpc) is 3.47. The second-order valence-corrected chi connectivity index (χ2v) is 13.1. The Balaban J connectivity index is 1.49. The second-order valence-electron chi connectivity index (χ2n) is 12.1. The molecule has 2 N–H and O–H groups in total. The molecular formula is C35H37NO3S. The van der Waals surface area contributed by atoms with Gasteiger partial charge < -0.3 is 10.2 Å². The minimum atomic E-state index is -2.11. The number of rotatable bonds is 8. The van der Waals surface area contributed by atoms with Gasteiger partial charge in [-0.15, -0.1) is 11.3 Å². The topological polar surface area (TPSA) is 70.4 Å². The molecule has 0 amide bonds. The number of fused-ring (bicyclic) bond motifs is 1. The van der Waals surface area contributed by atoms with E-state index in [-0.39, 0.29) is 10.8 Å². The van der Waals surface area contributed by atoms with Crippen molar-refractivity contribution in [3.05, 3.63) is 122 Å². The number of hydrogen-bond acceptors (Lipinski definition) is 4. The van der Waals surface area contributed by atoms with Gasteiger partial charge in [-0.2, -0.15) is 0 Å². The Kier molecular flexibility index (Phi) is 7.56. The Hall–Kier alpha value is -3.54. The molecule has 1 aliphatic rings. The van der Waals surface area contributed by atoms with Crippen LogP contribution in [-0.2, 0) is 34.1 Å². The number of carbonyl (C=O) groups is 1. The standard InChI is InChI=1S/C35H37NO3S/c1-33(2)18-19-34(3,4)30-23-26(14-17-31-36-20-21-40-31)25(22-29(30)33)13-10-24-11-15-28(16-12-24)35(39,32(37)38)27-8-6-5-7-9-27/h5-13,15-16,20-23,39H,14,17-19H2,1-4H3,(H,37,38)/b13-10+. The van der Waals surface area contributed by atoms with E-state index in [1.165, 1.54) is 28.7 Å². The predicted molar refractivity (Wildman–Crippen MR) is 164 cm³/mol. The van der Waals surface area contributed by atoms with Crippen molar-refractivity contribution in [2.45, 2.75) is 69.8 Å². The lowest BCUT2D eigenvalue weighted by Gasteiger charge is -2.42. The van der Waals surface area contributed by atoms with E-state index in [0.29, 0.717) is 11.1 Å². The van der Waals surface area contributed by atoms with Crippen molar-refractivity contribution in [1.29, 1.82) is 0 Å². The van der Waals surface area contributed by atoms with Crippen LogP contribution in [0.25, 0.3) is 12.2 Å². The maximum atomic E-state index is 12.1. The Morgan fingerprint density at radius 3 is 2.12 bits per heavy atom. The number of carboxylic acid groups (broad SMARTS) is 1. The number of aryl methyl sites for hydroxylation is 2. The monoisotopic (exact) mass is 551 g/mol. The molecule has 0 aliphatic heterocycles. The Morgan fingerprint density at radius 2 is 1.52 bits per heavy atom. The number of nitrogens with zero attached hydrogens (tertiary/aromatic N) is 1. The first-order valence-electron chi connectivity index (χ1n) is 13.9. The molecule has 5 rings (SSSR count). The van der Waals surface area contributed by atoms with E-state index < -0.39 is 11.6 Å². The molecule has 206 valence electrons. The molecule has 3 aromatic carbocycles. The van der Waals surface area contributed by atoms with E-state index in [4.69, 9.17) is 0 Å². The molecule has 1 unspecified atom stereocenters. The number of aromatic nitrogens is 1. The van der Waals surface area contributed by atoms with E-state index in [9.17, 15) is 15.0 Å². The van der Waals surface area contributed by atoms with Gasteiger partial charge in [0.05, 0.1) is 5.01 Å². The van der Waals surface area contributed by atoms with Crippen LogP contribution in [-0.4, -0.2) is 21.2 Å². The summed E-state index contributed by atoms with van der Waals surface area (Å²) in [5, 5.41) is 24.3. The largest absolute Gasteiger partial charge is 0.479 e. The molecule has 1 heterocycles. The predicted octanol–water partition coefficient (Wildman–Crippen LogP) is 7.77. The van der Waals surface area contributed by atoms with E-state index in [1.807, 2.05) is 23.7 Å². The first-order valence-corrected chi connectivity index (χ1v) is 14.7. The molecule has 0 fully saturated rings. The number of aliphatic carboxylic acids is 1. The maximum absolute atomic E-state index is 12.1. The molecule has 0 saturated carbocycles. The summed E-state index contributed by atoms with van der Waals surface area (Å²) in [5.74, 6) is -1.30. The summed E-state index contributed by atoms with van der Waals surface area (Å²) < 4.78 is 0. The summed E-state index contributed by atoms with van der Waals surface area (Å²) in [6, 6.07) is 20.5. The summed E-state index contributed by atoms with van der Waals surface area (Å²) in [6.07, 6.45) is 10.3. The van der Waals surface area contributed by atoms with Crippen molar-refractivity contribution in [2.24, 2.45) is 0 Å². The third kappa shape index (κ3) is 5.41. The zero-order valence-electron chi connectivity index (χ0n) is 23.6. The molecule has 5 heteroatoms. The quantitative estimate of drug-likeness (QED) is 0.220. The molecule has 1 aliphatic carbocycles. The number of benzene rings is 3. The lowest BCUT2D eigenvalue weighted by molar-refractivity contribution is -0.155. The maximum Gasteiger partial charge on any atom is 0.345 e. The fourth-order valence-corrected chi connectivity index (χ4v) is 6.40. The number of aliphatic hydroxyl groups is 1. The van der Waals surface area contributed by atoms with Crippen LogP contribution in [0.15, 0.2) is 78.3 Å². The van der Waals surface area contributed by atoms with Crippen molar-refractivity contribution in [3.63, 3.8) is 0 Å². The molecular weight excluding hydrogens is 514 g/mol. The van der Waals surface area contributed by atoms with E-state index >= 15 is 0 Å². The van der Waals surface area contributed by atoms with Gasteiger partial charge in [0.1, 0.15) is 0 Å². The molecule has 0 saturated heterocycles. The zero-order valence-corrected chi connectivity index (χ0v) is 24.5. The van der Waals surface area contributed by atoms with Gasteiger partial charge in [0.15, 0.2) is 0 Å². The highest BCUT2D eigenvalue weighted by Crippen LogP contribution is 2.47. The highest BCUT2D eigenvalue weighted by molar-refractivity contribution is 7.09. The summed E-state index contributed by atoms with van der Waals surface area (Å²) in [6.45, 7) is 9.41. The van der Waals surface area contributed by atoms with Gasteiger partial charge >= 0.3 is 5.97 Å². The Bertz CT molecular complexity index is 1520. The average molecular weight is 552 g/mol. The highest BCUT2D eigenvalue weighted by Gasteiger charge is 2.40. The van der Waals surface area contributed by atoms with Gasteiger partial charge in [0.25, 0.3) is 0 Å². The van der Waals surface area contributed by atoms with Crippen molar-refractivity contribution in [2.75, 3.05) is 0 Å². The molecule has 1 aromatic heterocycles. The smallest absolute Gasteiger partial charge is 0.345 e. The van der Waals surface area contributed by atoms with Gasteiger partial charge in [0.2, 0.25) is 5.60 Å². The van der Waals surface area contributed by atoms with Gasteiger partial charge in [-0.25, -0.2) is 9.78 Å². The molecule has 4 aromatic rings. The SMILES string of the molecule is CC1(C)CCC(C)(C)c2cc(CCc3nccs3)c(/C=C/c3ccc(C(O)(C(=O)O)c4ccccc4)cc3)cc21. The fourth-order valence-electron chi connectivity index (χ4n) is 5.78. The summed E-state index contributed by atoms with van der Waals surface area (Å²) >= 11 is 1.70. The highest BCUT2D eigenvalue weighted by atomic mass is 32.1. The van der Waals surface area contributed by atoms with Gasteiger partial charge in [-0.3, -0.25) is 0 Å². The van der Waals surface area contributed by atoms with Crippen LogP contribution in [0.3, 0.4) is 0 Å². The third-order valence-electron chi connectivity index (χ3n) is 8.49. The minimum Gasteiger partial charge on any atom is -0.479 e. The lowest BCUT2D eigenvalue weighted by Crippen LogP contribution is -2.36. The van der Waals surface area contributed by atoms with Gasteiger partial charge in [-0.1, -0.05) is 107 Å². The van der Waals surface area contributed by atoms with Crippen LogP contribution in [0.1, 0.15) is 84.5 Å². The summed E-state index contributed by atoms with van der Waals surface area (Å²) in [7, 11) is 0. The van der Waals surface area contributed by atoms with Crippen molar-refractivity contribution in [3.8, 4) is 0 Å². The first kappa shape index (κ1) is 28.0. The molecule has 40 heavy (non-hydrogen) atoms. The summed E-state index contributed by atoms with van der Waals surface area (Å²) in [5.41, 5.74) is 5.13. The molecule has 0 spiro atoms. The van der Waals surface area contributed by atoms with Crippen LogP contribution >= 0.6 is 11.3 Å². The van der Waals surface area contributed by atoms with E-state index in [1.54, 1.807) is 53.8 Å². The summed E-state index contributed by atoms with van der Waals surface area (Å²) in [4.78, 5) is 16.6. The van der Waals surface area contributed by atoms with Crippen LogP contribution < -0.4 is 0 Å². The second kappa shape index (κ2) is 10.8. The third-order valence-corrected chi connectivity index (χ3v) is 9.33. The van der Waals surface area contributed by atoms with E-state index in [2.05, 4.69) is 57.0 Å². The fraction of sp³-hybridized carbons (Fsp3) is 0.314. The normalized spacial score (nSPS) is 17.3. The van der Waals surface area contributed by atoms with Crippen molar-refractivity contribution in [1.82, 2.24) is 4.98 Å². The van der Waals surface area contributed by atoms with Gasteiger partial charge in [0, 0.05) is 18.0 Å².